The van der Waals surface area contributed by atoms with Gasteiger partial charge in [-0.15, -0.1) is 0 Å². The SMILES string of the molecule is CCC1(C)NC[C@@H](c2cc(F)cc(F)c2)N(CC(=O)Nc2ccc3c(c2)C[C@@]2(C3)C(=O)Nc3ncccc32)C1=O. The van der Waals surface area contributed by atoms with Crippen LogP contribution in [0.3, 0.4) is 0 Å². The smallest absolute Gasteiger partial charge is 0.244 e. The first-order valence-corrected chi connectivity index (χ1v) is 13.3. The molecule has 10 heteroatoms. The van der Waals surface area contributed by atoms with Crippen molar-refractivity contribution >= 4 is 29.2 Å². The van der Waals surface area contributed by atoms with Crippen LogP contribution in [0.5, 0.6) is 0 Å². The highest BCUT2D eigenvalue weighted by molar-refractivity contribution is 6.06. The summed E-state index contributed by atoms with van der Waals surface area (Å²) in [5, 5.41) is 8.96. The number of carbonyl (C=O) groups excluding carboxylic acids is 3. The van der Waals surface area contributed by atoms with E-state index in [-0.39, 0.29) is 30.5 Å². The molecule has 1 spiro atoms. The van der Waals surface area contributed by atoms with E-state index in [1.807, 2.05) is 31.2 Å². The van der Waals surface area contributed by atoms with Crippen molar-refractivity contribution in [3.8, 4) is 0 Å². The molecule has 1 fully saturated rings. The summed E-state index contributed by atoms with van der Waals surface area (Å²) in [7, 11) is 0. The molecular formula is C30H29F2N5O3. The molecule has 3 heterocycles. The van der Waals surface area contributed by atoms with Gasteiger partial charge in [0.2, 0.25) is 17.7 Å². The van der Waals surface area contributed by atoms with E-state index in [4.69, 9.17) is 0 Å². The van der Waals surface area contributed by atoms with Gasteiger partial charge in [-0.05, 0) is 73.2 Å². The zero-order valence-electron chi connectivity index (χ0n) is 22.2. The van der Waals surface area contributed by atoms with E-state index in [0.717, 1.165) is 22.8 Å². The number of halogens is 2. The van der Waals surface area contributed by atoms with Gasteiger partial charge in [0.1, 0.15) is 24.0 Å². The van der Waals surface area contributed by atoms with E-state index in [2.05, 4.69) is 20.9 Å². The molecule has 3 aromatic rings. The van der Waals surface area contributed by atoms with Crippen molar-refractivity contribution in [3.05, 3.63) is 88.6 Å². The van der Waals surface area contributed by atoms with Crippen molar-refractivity contribution in [2.45, 2.75) is 50.1 Å². The fraction of sp³-hybridized carbons (Fsp3) is 0.333. The Morgan fingerprint density at radius 1 is 1.10 bits per heavy atom. The number of hydrogen-bond donors (Lipinski definition) is 3. The number of rotatable bonds is 5. The van der Waals surface area contributed by atoms with Crippen molar-refractivity contribution in [3.63, 3.8) is 0 Å². The molecule has 2 aliphatic heterocycles. The molecule has 2 aromatic carbocycles. The van der Waals surface area contributed by atoms with Crippen molar-refractivity contribution in [1.29, 1.82) is 0 Å². The molecule has 1 aromatic heterocycles. The molecule has 0 radical (unpaired) electrons. The standard InChI is InChI=1S/C30H29F2N5O3/c1-3-29(2)28(40)37(24(15-34-29)18-9-20(31)12-21(32)10-18)16-25(38)35-22-7-6-17-13-30(14-19(17)11-22)23-5-4-8-33-26(23)36-27(30)39/h4-12,24,34H,3,13-16H2,1-2H3,(H,35,38)(H,33,36,39)/t24-,29?,30+/m0/s1. The second-order valence-electron chi connectivity index (χ2n) is 11.0. The van der Waals surface area contributed by atoms with Gasteiger partial charge in [0, 0.05) is 30.1 Å². The zero-order chi connectivity index (χ0) is 28.2. The Morgan fingerprint density at radius 3 is 2.60 bits per heavy atom. The maximum absolute atomic E-state index is 14.0. The van der Waals surface area contributed by atoms with E-state index in [0.29, 0.717) is 30.8 Å². The molecule has 0 saturated carbocycles. The molecule has 1 unspecified atom stereocenters. The number of nitrogens with one attached hydrogen (secondary N) is 3. The third kappa shape index (κ3) is 4.23. The first-order chi connectivity index (χ1) is 19.1. The van der Waals surface area contributed by atoms with Crippen molar-refractivity contribution in [2.24, 2.45) is 0 Å². The van der Waals surface area contributed by atoms with E-state index < -0.39 is 34.5 Å². The lowest BCUT2D eigenvalue weighted by Crippen LogP contribution is -2.64. The van der Waals surface area contributed by atoms with Gasteiger partial charge in [0.15, 0.2) is 0 Å². The molecule has 3 aliphatic rings. The first kappa shape index (κ1) is 26.1. The van der Waals surface area contributed by atoms with Gasteiger partial charge in [-0.3, -0.25) is 14.4 Å². The van der Waals surface area contributed by atoms with Crippen LogP contribution in [0.1, 0.15) is 48.6 Å². The Morgan fingerprint density at radius 2 is 1.85 bits per heavy atom. The summed E-state index contributed by atoms with van der Waals surface area (Å²) in [4.78, 5) is 45.4. The average molecular weight is 546 g/mol. The number of pyridine rings is 1. The minimum absolute atomic E-state index is 0.0843. The van der Waals surface area contributed by atoms with E-state index in [9.17, 15) is 23.2 Å². The van der Waals surface area contributed by atoms with Gasteiger partial charge in [-0.25, -0.2) is 13.8 Å². The Labute approximate surface area is 230 Å². The monoisotopic (exact) mass is 545 g/mol. The maximum atomic E-state index is 14.0. The van der Waals surface area contributed by atoms with Crippen LogP contribution in [0.4, 0.5) is 20.3 Å². The van der Waals surface area contributed by atoms with E-state index in [1.54, 1.807) is 19.2 Å². The van der Waals surface area contributed by atoms with Crippen LogP contribution in [0.25, 0.3) is 0 Å². The van der Waals surface area contributed by atoms with Crippen LogP contribution in [-0.2, 0) is 32.6 Å². The van der Waals surface area contributed by atoms with E-state index >= 15 is 0 Å². The van der Waals surface area contributed by atoms with Crippen molar-refractivity contribution in [1.82, 2.24) is 15.2 Å². The highest BCUT2D eigenvalue weighted by Gasteiger charge is 2.51. The Bertz CT molecular complexity index is 1540. The number of fused-ring (bicyclic) bond motifs is 3. The number of anilines is 2. The minimum atomic E-state index is -0.905. The van der Waals surface area contributed by atoms with Gasteiger partial charge >= 0.3 is 0 Å². The molecule has 1 aliphatic carbocycles. The lowest BCUT2D eigenvalue weighted by atomic mass is 9.79. The molecule has 40 heavy (non-hydrogen) atoms. The molecule has 6 rings (SSSR count). The molecular weight excluding hydrogens is 516 g/mol. The van der Waals surface area contributed by atoms with Crippen LogP contribution in [-0.4, -0.2) is 46.2 Å². The fourth-order valence-electron chi connectivity index (χ4n) is 6.19. The average Bonchev–Trinajstić information content (AvgIpc) is 3.43. The Balaban J connectivity index is 1.22. The lowest BCUT2D eigenvalue weighted by Gasteiger charge is -2.45. The molecule has 1 saturated heterocycles. The number of piperazine rings is 1. The number of carbonyl (C=O) groups is 3. The third-order valence-corrected chi connectivity index (χ3v) is 8.55. The fourth-order valence-corrected chi connectivity index (χ4v) is 6.19. The Hall–Kier alpha value is -4.18. The largest absolute Gasteiger partial charge is 0.325 e. The zero-order valence-corrected chi connectivity index (χ0v) is 22.2. The molecule has 0 bridgehead atoms. The molecule has 3 atom stereocenters. The number of nitrogens with zero attached hydrogens (tertiary/aromatic N) is 2. The quantitative estimate of drug-likeness (QED) is 0.455. The second-order valence-corrected chi connectivity index (χ2v) is 11.0. The predicted molar refractivity (Wildman–Crippen MR) is 145 cm³/mol. The number of aromatic nitrogens is 1. The summed E-state index contributed by atoms with van der Waals surface area (Å²) in [5.74, 6) is -1.75. The summed E-state index contributed by atoms with van der Waals surface area (Å²) < 4.78 is 28.1. The highest BCUT2D eigenvalue weighted by atomic mass is 19.1. The van der Waals surface area contributed by atoms with Crippen LogP contribution >= 0.6 is 0 Å². The summed E-state index contributed by atoms with van der Waals surface area (Å²) >= 11 is 0. The first-order valence-electron chi connectivity index (χ1n) is 13.3. The molecule has 8 nitrogen and oxygen atoms in total. The highest BCUT2D eigenvalue weighted by Crippen LogP contribution is 2.47. The molecule has 3 N–H and O–H groups in total. The Kier molecular flexibility index (Phi) is 6.18. The van der Waals surface area contributed by atoms with Gasteiger partial charge in [0.05, 0.1) is 17.0 Å². The van der Waals surface area contributed by atoms with Gasteiger partial charge < -0.3 is 20.9 Å². The van der Waals surface area contributed by atoms with Crippen LogP contribution in [0.15, 0.2) is 54.7 Å². The minimum Gasteiger partial charge on any atom is -0.325 e. The molecule has 206 valence electrons. The number of hydrogen-bond acceptors (Lipinski definition) is 5. The van der Waals surface area contributed by atoms with Crippen molar-refractivity contribution < 1.29 is 23.2 Å². The van der Waals surface area contributed by atoms with Gasteiger partial charge in [-0.1, -0.05) is 19.1 Å². The normalized spacial score (nSPS) is 25.1. The summed E-state index contributed by atoms with van der Waals surface area (Å²) in [5.41, 5.74) is 2.04. The van der Waals surface area contributed by atoms with Gasteiger partial charge in [-0.2, -0.15) is 0 Å². The van der Waals surface area contributed by atoms with Crippen LogP contribution < -0.4 is 16.0 Å². The summed E-state index contributed by atoms with van der Waals surface area (Å²) in [6, 6.07) is 11.7. The lowest BCUT2D eigenvalue weighted by molar-refractivity contribution is -0.147. The van der Waals surface area contributed by atoms with Crippen molar-refractivity contribution in [2.75, 3.05) is 23.7 Å². The number of amides is 3. The maximum Gasteiger partial charge on any atom is 0.244 e. The summed E-state index contributed by atoms with van der Waals surface area (Å²) in [6.45, 7) is 3.57. The van der Waals surface area contributed by atoms with Crippen LogP contribution in [0, 0.1) is 11.6 Å². The topological polar surface area (TPSA) is 103 Å². The number of benzene rings is 2. The van der Waals surface area contributed by atoms with Crippen LogP contribution in [0.2, 0.25) is 0 Å². The molecule has 3 amide bonds. The summed E-state index contributed by atoms with van der Waals surface area (Å²) in [6.07, 6.45) is 3.15. The second kappa shape index (κ2) is 9.48. The predicted octanol–water partition coefficient (Wildman–Crippen LogP) is 3.63. The van der Waals surface area contributed by atoms with E-state index in [1.165, 1.54) is 17.0 Å². The van der Waals surface area contributed by atoms with Gasteiger partial charge in [0.25, 0.3) is 0 Å². The third-order valence-electron chi connectivity index (χ3n) is 8.55.